The van der Waals surface area contributed by atoms with E-state index >= 15 is 0 Å². The van der Waals surface area contributed by atoms with Crippen LogP contribution in [0.5, 0.6) is 0 Å². The molecular formula is C20H18N4O2. The number of hydrogen-bond acceptors (Lipinski definition) is 5. The van der Waals surface area contributed by atoms with Crippen LogP contribution in [0.4, 0.5) is 28.4 Å². The second kappa shape index (κ2) is 7.57. The normalized spacial score (nSPS) is 10.8. The minimum absolute atomic E-state index is 0.0492. The highest BCUT2D eigenvalue weighted by Crippen LogP contribution is 2.29. The third-order valence-corrected chi connectivity index (χ3v) is 3.81. The highest BCUT2D eigenvalue weighted by Gasteiger charge is 2.13. The van der Waals surface area contributed by atoms with Gasteiger partial charge in [-0.1, -0.05) is 23.8 Å². The Balaban J connectivity index is 1.74. The standard InChI is InChI=1S/C20H18N4O2/c1-14-3-6-17(7-4-14)22-23-18-10-8-16(9-11-18)21-19-12-5-15(2)13-20(19)24(25)26/h3-13,21H,1-2H3. The first-order chi connectivity index (χ1) is 12.5. The van der Waals surface area contributed by atoms with E-state index in [0.717, 1.165) is 16.9 Å². The molecule has 0 aliphatic carbocycles. The monoisotopic (exact) mass is 346 g/mol. The molecule has 0 spiro atoms. The number of nitro benzene ring substituents is 1. The molecule has 0 saturated heterocycles. The van der Waals surface area contributed by atoms with Crippen LogP contribution in [-0.2, 0) is 0 Å². The number of azo groups is 1. The van der Waals surface area contributed by atoms with E-state index in [-0.39, 0.29) is 10.6 Å². The largest absolute Gasteiger partial charge is 0.350 e. The average molecular weight is 346 g/mol. The van der Waals surface area contributed by atoms with E-state index in [1.807, 2.05) is 56.3 Å². The second-order valence-corrected chi connectivity index (χ2v) is 5.99. The van der Waals surface area contributed by atoms with Gasteiger partial charge in [-0.2, -0.15) is 10.2 Å². The van der Waals surface area contributed by atoms with Crippen molar-refractivity contribution in [2.45, 2.75) is 13.8 Å². The Morgan fingerprint density at radius 1 is 0.808 bits per heavy atom. The summed E-state index contributed by atoms with van der Waals surface area (Å²) in [5.41, 5.74) is 4.75. The van der Waals surface area contributed by atoms with Crippen LogP contribution in [0.3, 0.4) is 0 Å². The molecule has 26 heavy (non-hydrogen) atoms. The molecule has 0 aromatic heterocycles. The van der Waals surface area contributed by atoms with E-state index < -0.39 is 0 Å². The molecule has 6 nitrogen and oxygen atoms in total. The van der Waals surface area contributed by atoms with Crippen molar-refractivity contribution < 1.29 is 4.92 Å². The van der Waals surface area contributed by atoms with Gasteiger partial charge in [-0.25, -0.2) is 0 Å². The van der Waals surface area contributed by atoms with Crippen LogP contribution in [0.15, 0.2) is 77.0 Å². The van der Waals surface area contributed by atoms with Crippen molar-refractivity contribution in [2.24, 2.45) is 10.2 Å². The molecule has 0 unspecified atom stereocenters. The van der Waals surface area contributed by atoms with Crippen LogP contribution < -0.4 is 5.32 Å². The summed E-state index contributed by atoms with van der Waals surface area (Å²) in [5, 5.41) is 22.7. The summed E-state index contributed by atoms with van der Waals surface area (Å²) in [6.45, 7) is 3.84. The molecule has 0 bridgehead atoms. The molecule has 3 aromatic rings. The fraction of sp³-hybridized carbons (Fsp3) is 0.100. The fourth-order valence-corrected chi connectivity index (χ4v) is 2.39. The molecule has 0 amide bonds. The lowest BCUT2D eigenvalue weighted by molar-refractivity contribution is -0.384. The Kier molecular flexibility index (Phi) is 5.03. The van der Waals surface area contributed by atoms with Crippen LogP contribution in [-0.4, -0.2) is 4.92 Å². The zero-order valence-electron chi connectivity index (χ0n) is 14.5. The first-order valence-corrected chi connectivity index (χ1v) is 8.12. The Labute approximate surface area is 151 Å². The van der Waals surface area contributed by atoms with E-state index in [4.69, 9.17) is 0 Å². The summed E-state index contributed by atoms with van der Waals surface area (Å²) < 4.78 is 0. The van der Waals surface area contributed by atoms with Gasteiger partial charge in [0.1, 0.15) is 5.69 Å². The van der Waals surface area contributed by atoms with Gasteiger partial charge in [-0.15, -0.1) is 0 Å². The number of nitrogens with zero attached hydrogens (tertiary/aromatic N) is 3. The van der Waals surface area contributed by atoms with Gasteiger partial charge in [0.25, 0.3) is 5.69 Å². The molecule has 3 aromatic carbocycles. The van der Waals surface area contributed by atoms with Gasteiger partial charge in [0.15, 0.2) is 0 Å². The fourth-order valence-electron chi connectivity index (χ4n) is 2.39. The third-order valence-electron chi connectivity index (χ3n) is 3.81. The molecule has 0 fully saturated rings. The first kappa shape index (κ1) is 17.3. The van der Waals surface area contributed by atoms with Gasteiger partial charge in [-0.05, 0) is 61.9 Å². The summed E-state index contributed by atoms with van der Waals surface area (Å²) >= 11 is 0. The van der Waals surface area contributed by atoms with Crippen LogP contribution in [0.25, 0.3) is 0 Å². The number of nitrogens with one attached hydrogen (secondary N) is 1. The van der Waals surface area contributed by atoms with E-state index in [0.29, 0.717) is 11.4 Å². The molecule has 6 heteroatoms. The molecule has 0 aliphatic rings. The van der Waals surface area contributed by atoms with Gasteiger partial charge < -0.3 is 5.32 Å². The van der Waals surface area contributed by atoms with Gasteiger partial charge in [0.05, 0.1) is 16.3 Å². The number of hydrogen-bond donors (Lipinski definition) is 1. The molecule has 0 saturated carbocycles. The van der Waals surface area contributed by atoms with Gasteiger partial charge in [0, 0.05) is 11.8 Å². The lowest BCUT2D eigenvalue weighted by atomic mass is 10.2. The predicted molar refractivity (Wildman–Crippen MR) is 103 cm³/mol. The van der Waals surface area contributed by atoms with E-state index in [1.165, 1.54) is 5.56 Å². The van der Waals surface area contributed by atoms with Crippen molar-refractivity contribution in [3.05, 3.63) is 88.0 Å². The van der Waals surface area contributed by atoms with Crippen molar-refractivity contribution in [3.63, 3.8) is 0 Å². The second-order valence-electron chi connectivity index (χ2n) is 5.99. The maximum atomic E-state index is 11.2. The highest BCUT2D eigenvalue weighted by atomic mass is 16.6. The van der Waals surface area contributed by atoms with Crippen molar-refractivity contribution >= 4 is 28.4 Å². The number of nitro groups is 1. The lowest BCUT2D eigenvalue weighted by Crippen LogP contribution is -1.97. The molecular weight excluding hydrogens is 328 g/mol. The van der Waals surface area contributed by atoms with Gasteiger partial charge in [-0.3, -0.25) is 10.1 Å². The lowest BCUT2D eigenvalue weighted by Gasteiger charge is -2.08. The third kappa shape index (κ3) is 4.30. The summed E-state index contributed by atoms with van der Waals surface area (Å²) in [6, 6.07) is 20.1. The van der Waals surface area contributed by atoms with Crippen LogP contribution in [0.1, 0.15) is 11.1 Å². The quantitative estimate of drug-likeness (QED) is 0.331. The Bertz CT molecular complexity index is 949. The SMILES string of the molecule is Cc1ccc(N=Nc2ccc(Nc3ccc(C)cc3[N+](=O)[O-])cc2)cc1. The molecule has 3 rings (SSSR count). The molecule has 130 valence electrons. The first-order valence-electron chi connectivity index (χ1n) is 8.12. The molecule has 0 radical (unpaired) electrons. The van der Waals surface area contributed by atoms with Gasteiger partial charge in [0.2, 0.25) is 0 Å². The predicted octanol–water partition coefficient (Wildman–Crippen LogP) is 6.37. The Hall–Kier alpha value is -3.54. The van der Waals surface area contributed by atoms with Crippen LogP contribution in [0.2, 0.25) is 0 Å². The Morgan fingerprint density at radius 3 is 1.92 bits per heavy atom. The number of benzene rings is 3. The minimum Gasteiger partial charge on any atom is -0.350 e. The smallest absolute Gasteiger partial charge is 0.292 e. The molecule has 0 aliphatic heterocycles. The topological polar surface area (TPSA) is 79.9 Å². The van der Waals surface area contributed by atoms with E-state index in [9.17, 15) is 10.1 Å². The highest BCUT2D eigenvalue weighted by molar-refractivity contribution is 5.70. The maximum Gasteiger partial charge on any atom is 0.292 e. The number of anilines is 2. The van der Waals surface area contributed by atoms with Crippen LogP contribution >= 0.6 is 0 Å². The number of rotatable bonds is 5. The van der Waals surface area contributed by atoms with Crippen molar-refractivity contribution in [3.8, 4) is 0 Å². The summed E-state index contributed by atoms with van der Waals surface area (Å²) in [7, 11) is 0. The van der Waals surface area contributed by atoms with Crippen molar-refractivity contribution in [1.29, 1.82) is 0 Å². The van der Waals surface area contributed by atoms with Gasteiger partial charge >= 0.3 is 0 Å². The number of aryl methyl sites for hydroxylation is 2. The van der Waals surface area contributed by atoms with Crippen molar-refractivity contribution in [2.75, 3.05) is 5.32 Å². The zero-order chi connectivity index (χ0) is 18.5. The Morgan fingerprint density at radius 2 is 1.35 bits per heavy atom. The molecule has 1 N–H and O–H groups in total. The summed E-state index contributed by atoms with van der Waals surface area (Å²) in [5.74, 6) is 0. The molecule has 0 atom stereocenters. The summed E-state index contributed by atoms with van der Waals surface area (Å²) in [4.78, 5) is 10.8. The summed E-state index contributed by atoms with van der Waals surface area (Å²) in [6.07, 6.45) is 0. The van der Waals surface area contributed by atoms with Crippen molar-refractivity contribution in [1.82, 2.24) is 0 Å². The van der Waals surface area contributed by atoms with E-state index in [1.54, 1.807) is 24.3 Å². The zero-order valence-corrected chi connectivity index (χ0v) is 14.5. The maximum absolute atomic E-state index is 11.2. The average Bonchev–Trinajstić information content (AvgIpc) is 2.64. The van der Waals surface area contributed by atoms with E-state index in [2.05, 4.69) is 15.5 Å². The van der Waals surface area contributed by atoms with Crippen LogP contribution in [0, 0.1) is 24.0 Å². The minimum atomic E-state index is -0.389. The molecule has 0 heterocycles.